The molecule has 0 aromatic carbocycles. The number of halogens is 1. The van der Waals surface area contributed by atoms with Crippen molar-refractivity contribution in [1.82, 2.24) is 4.98 Å². The van der Waals surface area contributed by atoms with Crippen LogP contribution in [0.25, 0.3) is 0 Å². The molecule has 0 saturated carbocycles. The number of carbonyl (C=O) groups is 2. The van der Waals surface area contributed by atoms with Gasteiger partial charge in [0.2, 0.25) is 5.91 Å². The molecule has 0 aliphatic heterocycles. The van der Waals surface area contributed by atoms with Crippen molar-refractivity contribution in [1.29, 1.82) is 0 Å². The lowest BCUT2D eigenvalue weighted by molar-refractivity contribution is -0.153. The van der Waals surface area contributed by atoms with E-state index in [0.717, 1.165) is 0 Å². The SMILES string of the molecule is CC(C)C(C)(CC(=O)Nc1cccc(Cl)n1)C(=O)O. The minimum absolute atomic E-state index is 0.117. The molecule has 0 bridgehead atoms. The predicted molar refractivity (Wildman–Crippen MR) is 73.1 cm³/mol. The molecular formula is C13H17ClN2O3. The molecule has 0 fully saturated rings. The maximum absolute atomic E-state index is 11.9. The molecule has 0 radical (unpaired) electrons. The summed E-state index contributed by atoms with van der Waals surface area (Å²) in [5.41, 5.74) is -1.11. The van der Waals surface area contributed by atoms with Gasteiger partial charge in [0.15, 0.2) is 0 Å². The quantitative estimate of drug-likeness (QED) is 0.815. The van der Waals surface area contributed by atoms with E-state index in [0.29, 0.717) is 5.82 Å². The monoisotopic (exact) mass is 284 g/mol. The van der Waals surface area contributed by atoms with Crippen LogP contribution in [0.2, 0.25) is 5.15 Å². The molecule has 0 aliphatic carbocycles. The summed E-state index contributed by atoms with van der Waals surface area (Å²) < 4.78 is 0. The number of carbonyl (C=O) groups excluding carboxylic acids is 1. The van der Waals surface area contributed by atoms with Crippen LogP contribution in [-0.2, 0) is 9.59 Å². The number of hydrogen-bond acceptors (Lipinski definition) is 3. The summed E-state index contributed by atoms with van der Waals surface area (Å²) in [6.07, 6.45) is -0.117. The van der Waals surface area contributed by atoms with Gasteiger partial charge in [0.05, 0.1) is 5.41 Å². The van der Waals surface area contributed by atoms with E-state index >= 15 is 0 Å². The first kappa shape index (κ1) is 15.4. The van der Waals surface area contributed by atoms with E-state index in [9.17, 15) is 14.7 Å². The van der Waals surface area contributed by atoms with Crippen LogP contribution in [0, 0.1) is 11.3 Å². The standard InChI is InChI=1S/C13H17ClN2O3/c1-8(2)13(3,12(18)19)7-11(17)16-10-6-4-5-9(14)15-10/h4-6,8H,7H2,1-3H3,(H,18,19)(H,15,16,17). The molecule has 1 aromatic heterocycles. The molecule has 104 valence electrons. The Bertz CT molecular complexity index is 491. The molecule has 6 heteroatoms. The van der Waals surface area contributed by atoms with Gasteiger partial charge in [0, 0.05) is 6.42 Å². The van der Waals surface area contributed by atoms with Gasteiger partial charge in [-0.15, -0.1) is 0 Å². The average molecular weight is 285 g/mol. The van der Waals surface area contributed by atoms with Crippen LogP contribution in [0.1, 0.15) is 27.2 Å². The van der Waals surface area contributed by atoms with Crippen LogP contribution in [-0.4, -0.2) is 22.0 Å². The van der Waals surface area contributed by atoms with Crippen molar-refractivity contribution in [2.75, 3.05) is 5.32 Å². The second-order valence-corrected chi connectivity index (χ2v) is 5.34. The first-order valence-corrected chi connectivity index (χ1v) is 6.29. The first-order chi connectivity index (χ1) is 8.75. The topological polar surface area (TPSA) is 79.3 Å². The van der Waals surface area contributed by atoms with Crippen molar-refractivity contribution in [3.63, 3.8) is 0 Å². The number of nitrogens with one attached hydrogen (secondary N) is 1. The second kappa shape index (κ2) is 6.02. The number of amides is 1. The number of aromatic nitrogens is 1. The van der Waals surface area contributed by atoms with E-state index in [1.54, 1.807) is 39.0 Å². The van der Waals surface area contributed by atoms with Crippen LogP contribution < -0.4 is 5.32 Å². The van der Waals surface area contributed by atoms with E-state index in [4.69, 9.17) is 11.6 Å². The molecule has 0 aliphatic rings. The van der Waals surface area contributed by atoms with Gasteiger partial charge in [-0.2, -0.15) is 0 Å². The highest BCUT2D eigenvalue weighted by atomic mass is 35.5. The molecular weight excluding hydrogens is 268 g/mol. The molecule has 5 nitrogen and oxygen atoms in total. The maximum atomic E-state index is 11.9. The van der Waals surface area contributed by atoms with Crippen molar-refractivity contribution in [3.8, 4) is 0 Å². The lowest BCUT2D eigenvalue weighted by atomic mass is 9.76. The summed E-state index contributed by atoms with van der Waals surface area (Å²) in [5.74, 6) is -1.23. The number of nitrogens with zero attached hydrogens (tertiary/aromatic N) is 1. The van der Waals surface area contributed by atoms with E-state index in [-0.39, 0.29) is 17.5 Å². The lowest BCUT2D eigenvalue weighted by Crippen LogP contribution is -2.37. The van der Waals surface area contributed by atoms with Crippen LogP contribution in [0.3, 0.4) is 0 Å². The summed E-state index contributed by atoms with van der Waals surface area (Å²) in [4.78, 5) is 27.1. The van der Waals surface area contributed by atoms with Crippen LogP contribution in [0.15, 0.2) is 18.2 Å². The largest absolute Gasteiger partial charge is 0.481 e. The molecule has 0 spiro atoms. The normalized spacial score (nSPS) is 13.9. The molecule has 1 unspecified atom stereocenters. The third-order valence-corrected chi connectivity index (χ3v) is 3.48. The zero-order valence-corrected chi connectivity index (χ0v) is 11.9. The van der Waals surface area contributed by atoms with Crippen molar-refractivity contribution in [2.45, 2.75) is 27.2 Å². The minimum atomic E-state index is -1.11. The van der Waals surface area contributed by atoms with Crippen molar-refractivity contribution < 1.29 is 14.7 Å². The van der Waals surface area contributed by atoms with Crippen molar-refractivity contribution in [2.24, 2.45) is 11.3 Å². The van der Waals surface area contributed by atoms with Gasteiger partial charge >= 0.3 is 5.97 Å². The molecule has 1 rings (SSSR count). The Hall–Kier alpha value is -1.62. The molecule has 1 atom stereocenters. The number of aliphatic carboxylic acids is 1. The maximum Gasteiger partial charge on any atom is 0.310 e. The Morgan fingerprint density at radius 1 is 1.47 bits per heavy atom. The summed E-state index contributed by atoms with van der Waals surface area (Å²) in [7, 11) is 0. The fourth-order valence-corrected chi connectivity index (χ4v) is 1.69. The van der Waals surface area contributed by atoms with Crippen molar-refractivity contribution in [3.05, 3.63) is 23.4 Å². The number of anilines is 1. The van der Waals surface area contributed by atoms with Crippen LogP contribution in [0.5, 0.6) is 0 Å². The van der Waals surface area contributed by atoms with Gasteiger partial charge in [-0.1, -0.05) is 31.5 Å². The fourth-order valence-electron chi connectivity index (χ4n) is 1.53. The van der Waals surface area contributed by atoms with Gasteiger partial charge in [0.25, 0.3) is 0 Å². The highest BCUT2D eigenvalue weighted by Crippen LogP contribution is 2.31. The number of rotatable bonds is 5. The predicted octanol–water partition coefficient (Wildman–Crippen LogP) is 2.81. The fraction of sp³-hybridized carbons (Fsp3) is 0.462. The summed E-state index contributed by atoms with van der Waals surface area (Å²) in [6.45, 7) is 5.11. The zero-order chi connectivity index (χ0) is 14.6. The zero-order valence-electron chi connectivity index (χ0n) is 11.1. The third kappa shape index (κ3) is 3.92. The number of pyridine rings is 1. The smallest absolute Gasteiger partial charge is 0.310 e. The molecule has 19 heavy (non-hydrogen) atoms. The Kier molecular flexibility index (Phi) is 4.89. The second-order valence-electron chi connectivity index (χ2n) is 4.95. The molecule has 2 N–H and O–H groups in total. The Labute approximate surface area is 117 Å². The van der Waals surface area contributed by atoms with E-state index in [1.165, 1.54) is 0 Å². The Morgan fingerprint density at radius 2 is 2.11 bits per heavy atom. The molecule has 1 heterocycles. The molecule has 1 aromatic rings. The van der Waals surface area contributed by atoms with Crippen molar-refractivity contribution >= 4 is 29.3 Å². The van der Waals surface area contributed by atoms with Gasteiger partial charge in [-0.25, -0.2) is 4.98 Å². The number of carboxylic acid groups (broad SMARTS) is 1. The van der Waals surface area contributed by atoms with Crippen LogP contribution in [0.4, 0.5) is 5.82 Å². The Morgan fingerprint density at radius 3 is 2.58 bits per heavy atom. The molecule has 1 amide bonds. The average Bonchev–Trinajstić information content (AvgIpc) is 2.27. The summed E-state index contributed by atoms with van der Waals surface area (Å²) in [6, 6.07) is 4.84. The number of carboxylic acids is 1. The third-order valence-electron chi connectivity index (χ3n) is 3.27. The van der Waals surface area contributed by atoms with Gasteiger partial charge in [-0.3, -0.25) is 9.59 Å². The number of hydrogen-bond donors (Lipinski definition) is 2. The highest BCUT2D eigenvalue weighted by Gasteiger charge is 2.38. The highest BCUT2D eigenvalue weighted by molar-refractivity contribution is 6.29. The summed E-state index contributed by atoms with van der Waals surface area (Å²) >= 11 is 5.71. The van der Waals surface area contributed by atoms with Gasteiger partial charge in [-0.05, 0) is 25.0 Å². The minimum Gasteiger partial charge on any atom is -0.481 e. The summed E-state index contributed by atoms with van der Waals surface area (Å²) in [5, 5.41) is 12.1. The van der Waals surface area contributed by atoms with Gasteiger partial charge < -0.3 is 10.4 Å². The van der Waals surface area contributed by atoms with Gasteiger partial charge in [0.1, 0.15) is 11.0 Å². The van der Waals surface area contributed by atoms with E-state index in [1.807, 2.05) is 0 Å². The van der Waals surface area contributed by atoms with E-state index in [2.05, 4.69) is 10.3 Å². The van der Waals surface area contributed by atoms with Crippen LogP contribution >= 0.6 is 11.6 Å². The molecule has 0 saturated heterocycles. The lowest BCUT2D eigenvalue weighted by Gasteiger charge is -2.28. The van der Waals surface area contributed by atoms with E-state index < -0.39 is 17.3 Å². The Balaban J connectivity index is 2.77. The first-order valence-electron chi connectivity index (χ1n) is 5.91.